The van der Waals surface area contributed by atoms with Crippen LogP contribution in [0, 0.1) is 5.92 Å². The van der Waals surface area contributed by atoms with E-state index in [-0.39, 0.29) is 0 Å². The molecule has 0 amide bonds. The Bertz CT molecular complexity index is 328. The number of nitrogens with zero attached hydrogens (tertiary/aromatic N) is 3. The van der Waals surface area contributed by atoms with E-state index in [9.17, 15) is 0 Å². The van der Waals surface area contributed by atoms with Crippen molar-refractivity contribution < 1.29 is 0 Å². The summed E-state index contributed by atoms with van der Waals surface area (Å²) in [6, 6.07) is 0. The summed E-state index contributed by atoms with van der Waals surface area (Å²) in [5.41, 5.74) is 7.17. The smallest absolute Gasteiger partial charge is 0.0948 e. The third-order valence-electron chi connectivity index (χ3n) is 3.73. The van der Waals surface area contributed by atoms with Gasteiger partial charge in [0.2, 0.25) is 0 Å². The summed E-state index contributed by atoms with van der Waals surface area (Å²) >= 11 is 0. The summed E-state index contributed by atoms with van der Waals surface area (Å²) in [6.07, 6.45) is 3.91. The molecule has 1 heterocycles. The summed E-state index contributed by atoms with van der Waals surface area (Å²) in [5, 5.41) is 0. The Morgan fingerprint density at radius 2 is 2.00 bits per heavy atom. The van der Waals surface area contributed by atoms with Crippen LogP contribution in [-0.2, 0) is 6.54 Å². The molecule has 0 aliphatic rings. The molecule has 0 radical (unpaired) electrons. The second-order valence-electron chi connectivity index (χ2n) is 5.12. The highest BCUT2D eigenvalue weighted by Gasteiger charge is 2.18. The fourth-order valence-corrected chi connectivity index (χ4v) is 2.35. The fourth-order valence-electron chi connectivity index (χ4n) is 2.35. The Kier molecular flexibility index (Phi) is 6.36. The quantitative estimate of drug-likeness (QED) is 0.769. The summed E-state index contributed by atoms with van der Waals surface area (Å²) in [7, 11) is 0. The number of nitrogens with two attached hydrogens (primary N) is 1. The lowest BCUT2D eigenvalue weighted by Gasteiger charge is -2.23. The van der Waals surface area contributed by atoms with Crippen molar-refractivity contribution in [1.82, 2.24) is 14.5 Å². The van der Waals surface area contributed by atoms with Gasteiger partial charge in [-0.25, -0.2) is 4.98 Å². The van der Waals surface area contributed by atoms with Crippen LogP contribution in [0.1, 0.15) is 39.3 Å². The zero-order valence-corrected chi connectivity index (χ0v) is 12.3. The second-order valence-corrected chi connectivity index (χ2v) is 5.12. The van der Waals surface area contributed by atoms with Gasteiger partial charge in [0.05, 0.1) is 6.33 Å². The molecule has 1 atom stereocenters. The van der Waals surface area contributed by atoms with Gasteiger partial charge in [-0.15, -0.1) is 0 Å². The Morgan fingerprint density at radius 1 is 1.33 bits per heavy atom. The molecule has 0 bridgehead atoms. The first-order valence-electron chi connectivity index (χ1n) is 7.06. The normalized spacial score (nSPS) is 13.5. The molecule has 0 saturated carbocycles. The van der Waals surface area contributed by atoms with Crippen molar-refractivity contribution in [3.8, 4) is 0 Å². The number of likely N-dealkylation sites (N-methyl/N-ethyl adjacent to an activating group) is 1. The van der Waals surface area contributed by atoms with E-state index < -0.39 is 0 Å². The average molecular weight is 252 g/mol. The first-order valence-corrected chi connectivity index (χ1v) is 7.06. The maximum Gasteiger partial charge on any atom is 0.0948 e. The van der Waals surface area contributed by atoms with Crippen LogP contribution >= 0.6 is 0 Å². The maximum atomic E-state index is 5.89. The van der Waals surface area contributed by atoms with E-state index in [0.29, 0.717) is 18.4 Å². The van der Waals surface area contributed by atoms with E-state index in [2.05, 4.69) is 42.1 Å². The molecule has 1 rings (SSSR count). The van der Waals surface area contributed by atoms with Crippen LogP contribution in [-0.4, -0.2) is 40.6 Å². The molecular weight excluding hydrogens is 224 g/mol. The number of rotatable bonds is 8. The van der Waals surface area contributed by atoms with Gasteiger partial charge in [0.15, 0.2) is 0 Å². The van der Waals surface area contributed by atoms with E-state index in [4.69, 9.17) is 5.73 Å². The minimum Gasteiger partial charge on any atom is -0.333 e. The third kappa shape index (κ3) is 3.82. The van der Waals surface area contributed by atoms with Gasteiger partial charge >= 0.3 is 0 Å². The Labute approximate surface area is 111 Å². The van der Waals surface area contributed by atoms with Gasteiger partial charge in [0.1, 0.15) is 0 Å². The van der Waals surface area contributed by atoms with Crippen molar-refractivity contribution in [2.75, 3.05) is 26.2 Å². The van der Waals surface area contributed by atoms with Crippen LogP contribution < -0.4 is 5.73 Å². The van der Waals surface area contributed by atoms with Crippen molar-refractivity contribution in [3.63, 3.8) is 0 Å². The lowest BCUT2D eigenvalue weighted by atomic mass is 9.93. The number of imidazole rings is 1. The highest BCUT2D eigenvalue weighted by atomic mass is 15.1. The molecule has 0 spiro atoms. The zero-order valence-electron chi connectivity index (χ0n) is 12.3. The summed E-state index contributed by atoms with van der Waals surface area (Å²) in [6.45, 7) is 13.8. The van der Waals surface area contributed by atoms with Crippen molar-refractivity contribution in [1.29, 1.82) is 0 Å². The van der Waals surface area contributed by atoms with Crippen molar-refractivity contribution >= 4 is 0 Å². The average Bonchev–Trinajstić information content (AvgIpc) is 2.79. The van der Waals surface area contributed by atoms with E-state index in [0.717, 1.165) is 26.2 Å². The molecule has 0 aromatic carbocycles. The monoisotopic (exact) mass is 252 g/mol. The highest BCUT2D eigenvalue weighted by molar-refractivity contribution is 5.08. The molecule has 0 saturated heterocycles. The molecule has 18 heavy (non-hydrogen) atoms. The molecule has 4 nitrogen and oxygen atoms in total. The molecule has 1 unspecified atom stereocenters. The van der Waals surface area contributed by atoms with E-state index in [1.54, 1.807) is 0 Å². The Balaban J connectivity index is 2.70. The standard InChI is InChI=1S/C14H28N4/c1-5-17(6-2)7-8-18-11-16-10-14(18)13(9-15)12(3)4/h10-13H,5-9,15H2,1-4H3. The topological polar surface area (TPSA) is 47.1 Å². The molecule has 2 N–H and O–H groups in total. The van der Waals surface area contributed by atoms with E-state index in [1.807, 2.05) is 12.5 Å². The summed E-state index contributed by atoms with van der Waals surface area (Å²) < 4.78 is 2.26. The van der Waals surface area contributed by atoms with Gasteiger partial charge < -0.3 is 15.2 Å². The lowest BCUT2D eigenvalue weighted by molar-refractivity contribution is 0.287. The van der Waals surface area contributed by atoms with Crippen LogP contribution in [0.25, 0.3) is 0 Å². The third-order valence-corrected chi connectivity index (χ3v) is 3.73. The predicted octanol–water partition coefficient (Wildman–Crippen LogP) is 1.92. The molecule has 1 aromatic heterocycles. The Hall–Kier alpha value is -0.870. The van der Waals surface area contributed by atoms with E-state index in [1.165, 1.54) is 5.69 Å². The number of aromatic nitrogens is 2. The minimum absolute atomic E-state index is 0.407. The molecule has 104 valence electrons. The molecule has 1 aromatic rings. The minimum atomic E-state index is 0.407. The molecule has 0 aliphatic heterocycles. The van der Waals surface area contributed by atoms with Gasteiger partial charge in [-0.2, -0.15) is 0 Å². The Morgan fingerprint density at radius 3 is 2.50 bits per heavy atom. The molecular formula is C14H28N4. The molecule has 4 heteroatoms. The van der Waals surface area contributed by atoms with Gasteiger partial charge in [0, 0.05) is 37.4 Å². The van der Waals surface area contributed by atoms with Crippen LogP contribution in [0.5, 0.6) is 0 Å². The van der Waals surface area contributed by atoms with Crippen LogP contribution in [0.15, 0.2) is 12.5 Å². The van der Waals surface area contributed by atoms with Gasteiger partial charge in [-0.1, -0.05) is 27.7 Å². The molecule has 0 aliphatic carbocycles. The van der Waals surface area contributed by atoms with Crippen molar-refractivity contribution in [3.05, 3.63) is 18.2 Å². The second kappa shape index (κ2) is 7.54. The number of hydrogen-bond acceptors (Lipinski definition) is 3. The van der Waals surface area contributed by atoms with Crippen LogP contribution in [0.3, 0.4) is 0 Å². The van der Waals surface area contributed by atoms with Crippen LogP contribution in [0.2, 0.25) is 0 Å². The zero-order chi connectivity index (χ0) is 13.5. The number of hydrogen-bond donors (Lipinski definition) is 1. The lowest BCUT2D eigenvalue weighted by Crippen LogP contribution is -2.28. The van der Waals surface area contributed by atoms with Gasteiger partial charge in [0.25, 0.3) is 0 Å². The predicted molar refractivity (Wildman–Crippen MR) is 76.6 cm³/mol. The first kappa shape index (κ1) is 15.2. The van der Waals surface area contributed by atoms with Gasteiger partial charge in [-0.05, 0) is 19.0 Å². The maximum absolute atomic E-state index is 5.89. The summed E-state index contributed by atoms with van der Waals surface area (Å²) in [5.74, 6) is 0.961. The first-order chi connectivity index (χ1) is 8.63. The fraction of sp³-hybridized carbons (Fsp3) is 0.786. The van der Waals surface area contributed by atoms with Crippen LogP contribution in [0.4, 0.5) is 0 Å². The highest BCUT2D eigenvalue weighted by Crippen LogP contribution is 2.22. The SMILES string of the molecule is CCN(CC)CCn1cncc1C(CN)C(C)C. The van der Waals surface area contributed by atoms with Crippen molar-refractivity contribution in [2.24, 2.45) is 11.7 Å². The van der Waals surface area contributed by atoms with Crippen molar-refractivity contribution in [2.45, 2.75) is 40.2 Å². The van der Waals surface area contributed by atoms with Gasteiger partial charge in [-0.3, -0.25) is 0 Å². The molecule has 0 fully saturated rings. The van der Waals surface area contributed by atoms with E-state index >= 15 is 0 Å². The largest absolute Gasteiger partial charge is 0.333 e. The summed E-state index contributed by atoms with van der Waals surface area (Å²) in [4.78, 5) is 6.72.